The molecule has 0 saturated heterocycles. The molecule has 1 N–H and O–H groups in total. The maximum Gasteiger partial charge on any atom is 0.240 e. The molecule has 1 amide bonds. The molecule has 1 aliphatic rings. The number of hydrogen-bond donors (Lipinski definition) is 1. The van der Waals surface area contributed by atoms with Crippen molar-refractivity contribution in [1.82, 2.24) is 9.62 Å². The Morgan fingerprint density at radius 3 is 2.62 bits per heavy atom. The second-order valence-corrected chi connectivity index (χ2v) is 9.47. The molecule has 0 aliphatic carbocycles. The van der Waals surface area contributed by atoms with E-state index in [0.29, 0.717) is 6.42 Å². The van der Waals surface area contributed by atoms with Crippen molar-refractivity contribution in [1.29, 1.82) is 0 Å². The van der Waals surface area contributed by atoms with E-state index < -0.39 is 10.0 Å². The number of anilines is 1. The van der Waals surface area contributed by atoms with E-state index in [-0.39, 0.29) is 23.4 Å². The van der Waals surface area contributed by atoms with Crippen LogP contribution in [0.15, 0.2) is 47.4 Å². The molecule has 3 rings (SSSR count). The van der Waals surface area contributed by atoms with E-state index in [1.807, 2.05) is 31.2 Å². The lowest BCUT2D eigenvalue weighted by atomic mass is 10.1. The number of fused-ring (bicyclic) bond motifs is 1. The highest BCUT2D eigenvalue weighted by atomic mass is 32.2. The van der Waals surface area contributed by atoms with Crippen LogP contribution in [0, 0.1) is 0 Å². The van der Waals surface area contributed by atoms with E-state index in [2.05, 4.69) is 23.6 Å². The van der Waals surface area contributed by atoms with Crippen molar-refractivity contribution < 1.29 is 13.2 Å². The van der Waals surface area contributed by atoms with Crippen molar-refractivity contribution >= 4 is 21.6 Å². The fraction of sp³-hybridized carbons (Fsp3) is 0.409. The van der Waals surface area contributed by atoms with Crippen LogP contribution in [0.25, 0.3) is 0 Å². The third-order valence-corrected chi connectivity index (χ3v) is 6.77. The topological polar surface area (TPSA) is 69.7 Å². The van der Waals surface area contributed by atoms with Crippen LogP contribution in [0.2, 0.25) is 0 Å². The van der Waals surface area contributed by atoms with Gasteiger partial charge in [0.2, 0.25) is 15.9 Å². The van der Waals surface area contributed by atoms with Gasteiger partial charge in [0.1, 0.15) is 0 Å². The summed E-state index contributed by atoms with van der Waals surface area (Å²) in [4.78, 5) is 16.0. The number of carbonyl (C=O) groups excluding carboxylic acids is 1. The molecular formula is C22H29N3O3S. The van der Waals surface area contributed by atoms with Gasteiger partial charge in [0, 0.05) is 31.7 Å². The highest BCUT2D eigenvalue weighted by Gasteiger charge is 2.30. The molecule has 0 radical (unpaired) electrons. The molecule has 6 nitrogen and oxygen atoms in total. The second kappa shape index (κ2) is 8.65. The predicted octanol–water partition coefficient (Wildman–Crippen LogP) is 2.91. The summed E-state index contributed by atoms with van der Waals surface area (Å²) in [6.45, 7) is 7.62. The number of sulfonamides is 1. The summed E-state index contributed by atoms with van der Waals surface area (Å²) in [5.41, 5.74) is 3.77. The summed E-state index contributed by atoms with van der Waals surface area (Å²) in [6.07, 6.45) is 0.658. The van der Waals surface area contributed by atoms with Gasteiger partial charge in [0.05, 0.1) is 4.90 Å². The molecule has 0 spiro atoms. The largest absolute Gasteiger partial charge is 0.309 e. The van der Waals surface area contributed by atoms with E-state index in [4.69, 9.17) is 0 Å². The van der Waals surface area contributed by atoms with Crippen molar-refractivity contribution in [2.24, 2.45) is 0 Å². The van der Waals surface area contributed by atoms with Crippen LogP contribution in [0.3, 0.4) is 0 Å². The van der Waals surface area contributed by atoms with E-state index >= 15 is 0 Å². The maximum absolute atomic E-state index is 12.8. The molecule has 0 bridgehead atoms. The van der Waals surface area contributed by atoms with Gasteiger partial charge in [0.15, 0.2) is 0 Å². The SMILES string of the molecule is CCN(C)Cc1cccc(CNS(=O)(=O)c2ccc3c(c2)CC(C)N3C(C)=O)c1. The van der Waals surface area contributed by atoms with E-state index in [9.17, 15) is 13.2 Å². The normalized spacial score (nSPS) is 16.3. The Morgan fingerprint density at radius 2 is 1.93 bits per heavy atom. The Kier molecular flexibility index (Phi) is 6.41. The van der Waals surface area contributed by atoms with Gasteiger partial charge in [-0.25, -0.2) is 13.1 Å². The summed E-state index contributed by atoms with van der Waals surface area (Å²) >= 11 is 0. The Bertz CT molecular complexity index is 1000. The van der Waals surface area contributed by atoms with Gasteiger partial charge in [-0.3, -0.25) is 4.79 Å². The van der Waals surface area contributed by atoms with Crippen molar-refractivity contribution in [2.75, 3.05) is 18.5 Å². The fourth-order valence-electron chi connectivity index (χ4n) is 3.78. The molecule has 0 saturated carbocycles. The lowest BCUT2D eigenvalue weighted by Crippen LogP contribution is -2.33. The lowest BCUT2D eigenvalue weighted by molar-refractivity contribution is -0.116. The first-order valence-corrected chi connectivity index (χ1v) is 11.4. The average molecular weight is 416 g/mol. The van der Waals surface area contributed by atoms with Gasteiger partial charge in [0.25, 0.3) is 0 Å². The van der Waals surface area contributed by atoms with Crippen LogP contribution in [0.5, 0.6) is 0 Å². The Morgan fingerprint density at radius 1 is 1.21 bits per heavy atom. The zero-order chi connectivity index (χ0) is 21.2. The third-order valence-electron chi connectivity index (χ3n) is 5.37. The molecular weight excluding hydrogens is 386 g/mol. The molecule has 2 aromatic rings. The van der Waals surface area contributed by atoms with Crippen LogP contribution in [-0.2, 0) is 34.3 Å². The van der Waals surface area contributed by atoms with Crippen LogP contribution >= 0.6 is 0 Å². The van der Waals surface area contributed by atoms with Gasteiger partial charge in [-0.2, -0.15) is 0 Å². The predicted molar refractivity (Wildman–Crippen MR) is 115 cm³/mol. The summed E-state index contributed by atoms with van der Waals surface area (Å²) in [5.74, 6) is -0.0291. The Hall–Kier alpha value is -2.22. The van der Waals surface area contributed by atoms with Crippen molar-refractivity contribution in [2.45, 2.75) is 51.2 Å². The molecule has 1 atom stereocenters. The highest BCUT2D eigenvalue weighted by molar-refractivity contribution is 7.89. The molecule has 7 heteroatoms. The number of nitrogens with zero attached hydrogens (tertiary/aromatic N) is 2. The first kappa shape index (κ1) is 21.5. The zero-order valence-electron chi connectivity index (χ0n) is 17.5. The summed E-state index contributed by atoms with van der Waals surface area (Å²) < 4.78 is 28.3. The first-order valence-electron chi connectivity index (χ1n) is 9.90. The van der Waals surface area contributed by atoms with Crippen molar-refractivity contribution in [3.63, 3.8) is 0 Å². The lowest BCUT2D eigenvalue weighted by Gasteiger charge is -2.20. The van der Waals surface area contributed by atoms with Gasteiger partial charge >= 0.3 is 0 Å². The standard InChI is InChI=1S/C22H29N3O3S/c1-5-24(4)15-19-8-6-7-18(12-19)14-23-29(27,28)21-9-10-22-20(13-21)11-16(2)25(22)17(3)26/h6-10,12-13,16,23H,5,11,14-15H2,1-4H3. The Balaban J connectivity index is 1.74. The zero-order valence-corrected chi connectivity index (χ0v) is 18.3. The highest BCUT2D eigenvalue weighted by Crippen LogP contribution is 2.33. The van der Waals surface area contributed by atoms with Gasteiger partial charge in [-0.1, -0.05) is 31.2 Å². The number of amides is 1. The van der Waals surface area contributed by atoms with E-state index in [0.717, 1.165) is 35.5 Å². The third kappa shape index (κ3) is 4.86. The van der Waals surface area contributed by atoms with E-state index in [1.165, 1.54) is 6.92 Å². The maximum atomic E-state index is 12.8. The summed E-state index contributed by atoms with van der Waals surface area (Å²) in [7, 11) is -1.59. The quantitative estimate of drug-likeness (QED) is 0.755. The summed E-state index contributed by atoms with van der Waals surface area (Å²) in [5, 5.41) is 0. The van der Waals surface area contributed by atoms with Crippen LogP contribution in [0.4, 0.5) is 5.69 Å². The Labute approximate surface area is 173 Å². The van der Waals surface area contributed by atoms with Gasteiger partial charge in [-0.05, 0) is 61.8 Å². The first-order chi connectivity index (χ1) is 13.7. The fourth-order valence-corrected chi connectivity index (χ4v) is 4.85. The monoisotopic (exact) mass is 415 g/mol. The van der Waals surface area contributed by atoms with Crippen LogP contribution < -0.4 is 9.62 Å². The van der Waals surface area contributed by atoms with E-state index in [1.54, 1.807) is 23.1 Å². The average Bonchev–Trinajstić information content (AvgIpc) is 3.01. The van der Waals surface area contributed by atoms with Gasteiger partial charge < -0.3 is 9.80 Å². The molecule has 1 heterocycles. The smallest absolute Gasteiger partial charge is 0.240 e. The number of nitrogens with one attached hydrogen (secondary N) is 1. The molecule has 156 valence electrons. The van der Waals surface area contributed by atoms with Crippen molar-refractivity contribution in [3.05, 3.63) is 59.2 Å². The molecule has 0 fully saturated rings. The number of hydrogen-bond acceptors (Lipinski definition) is 4. The van der Waals surface area contributed by atoms with Crippen molar-refractivity contribution in [3.8, 4) is 0 Å². The number of rotatable bonds is 7. The summed E-state index contributed by atoms with van der Waals surface area (Å²) in [6, 6.07) is 13.0. The number of carbonyl (C=O) groups is 1. The number of benzene rings is 2. The minimum Gasteiger partial charge on any atom is -0.309 e. The molecule has 1 unspecified atom stereocenters. The van der Waals surface area contributed by atoms with Gasteiger partial charge in [-0.15, -0.1) is 0 Å². The molecule has 1 aliphatic heterocycles. The molecule has 0 aromatic heterocycles. The molecule has 2 aromatic carbocycles. The van der Waals surface area contributed by atoms with Crippen LogP contribution in [-0.4, -0.2) is 38.9 Å². The molecule has 29 heavy (non-hydrogen) atoms. The minimum atomic E-state index is -3.64. The van der Waals surface area contributed by atoms with Crippen LogP contribution in [0.1, 0.15) is 37.5 Å². The minimum absolute atomic E-state index is 0.0291. The second-order valence-electron chi connectivity index (χ2n) is 7.71.